The van der Waals surface area contributed by atoms with Gasteiger partial charge in [-0.2, -0.15) is 0 Å². The molecule has 0 aliphatic carbocycles. The molecule has 8 heteroatoms. The van der Waals surface area contributed by atoms with Crippen LogP contribution < -0.4 is 10.6 Å². The number of rotatable bonds is 5. The van der Waals surface area contributed by atoms with Crippen molar-refractivity contribution < 1.29 is 9.59 Å². The number of pyridine rings is 1. The fourth-order valence-corrected chi connectivity index (χ4v) is 3.16. The Labute approximate surface area is 183 Å². The summed E-state index contributed by atoms with van der Waals surface area (Å²) in [5.74, 6) is -0.536. The van der Waals surface area contributed by atoms with Crippen LogP contribution in [0.2, 0.25) is 10.0 Å². The van der Waals surface area contributed by atoms with Gasteiger partial charge in [0.25, 0.3) is 11.8 Å². The highest BCUT2D eigenvalue weighted by atomic mass is 35.5. The van der Waals surface area contributed by atoms with Crippen LogP contribution in [0, 0.1) is 12.3 Å². The molecule has 0 aliphatic heterocycles. The van der Waals surface area contributed by atoms with Gasteiger partial charge >= 0.3 is 0 Å². The molecule has 0 spiro atoms. The van der Waals surface area contributed by atoms with E-state index in [1.165, 1.54) is 12.3 Å². The van der Waals surface area contributed by atoms with E-state index in [1.807, 2.05) is 0 Å². The molecular weight excluding hydrogens is 423 g/mol. The van der Waals surface area contributed by atoms with Crippen LogP contribution in [0.4, 0.5) is 11.5 Å². The average molecular weight is 441 g/mol. The first-order valence-electron chi connectivity index (χ1n) is 8.94. The number of nitrogens with one attached hydrogen (secondary N) is 3. The number of hydrogen-bond acceptors (Lipinski definition) is 4. The lowest BCUT2D eigenvalue weighted by molar-refractivity contribution is 0.102. The van der Waals surface area contributed by atoms with Crippen molar-refractivity contribution in [1.82, 2.24) is 4.98 Å². The van der Waals surface area contributed by atoms with Gasteiger partial charge in [-0.3, -0.25) is 9.59 Å². The molecule has 3 aromatic rings. The van der Waals surface area contributed by atoms with Gasteiger partial charge in [-0.1, -0.05) is 35.3 Å². The lowest BCUT2D eigenvalue weighted by Crippen LogP contribution is -2.19. The molecule has 0 bridgehead atoms. The smallest absolute Gasteiger partial charge is 0.258 e. The summed E-state index contributed by atoms with van der Waals surface area (Å²) < 4.78 is 0. The molecule has 3 rings (SSSR count). The summed E-state index contributed by atoms with van der Waals surface area (Å²) in [5, 5.41) is 13.9. The van der Waals surface area contributed by atoms with Gasteiger partial charge in [0.05, 0.1) is 16.3 Å². The lowest BCUT2D eigenvalue weighted by atomic mass is 10.1. The number of halogens is 2. The highest BCUT2D eigenvalue weighted by Crippen LogP contribution is 2.27. The summed E-state index contributed by atoms with van der Waals surface area (Å²) in [4.78, 5) is 29.6. The zero-order valence-electron chi connectivity index (χ0n) is 16.2. The van der Waals surface area contributed by atoms with E-state index in [2.05, 4.69) is 15.6 Å². The molecule has 0 fully saturated rings. The van der Waals surface area contributed by atoms with Crippen LogP contribution in [0.5, 0.6) is 0 Å². The molecule has 0 saturated carbocycles. The molecule has 0 saturated heterocycles. The first-order valence-corrected chi connectivity index (χ1v) is 9.70. The maximum Gasteiger partial charge on any atom is 0.258 e. The Bertz CT molecular complexity index is 1130. The lowest BCUT2D eigenvalue weighted by Gasteiger charge is -2.15. The number of carbonyl (C=O) groups is 2. The topological polar surface area (TPSA) is 94.9 Å². The monoisotopic (exact) mass is 440 g/mol. The van der Waals surface area contributed by atoms with Crippen molar-refractivity contribution in [2.75, 3.05) is 10.6 Å². The quantitative estimate of drug-likeness (QED) is 0.451. The Kier molecular flexibility index (Phi) is 6.50. The third-order valence-electron chi connectivity index (χ3n) is 4.33. The van der Waals surface area contributed by atoms with E-state index in [-0.39, 0.29) is 11.5 Å². The van der Waals surface area contributed by atoms with Gasteiger partial charge in [-0.05, 0) is 61.4 Å². The van der Waals surface area contributed by atoms with Crippen LogP contribution in [0.3, 0.4) is 0 Å². The van der Waals surface area contributed by atoms with Gasteiger partial charge < -0.3 is 16.0 Å². The van der Waals surface area contributed by atoms with E-state index in [1.54, 1.807) is 56.3 Å². The summed E-state index contributed by atoms with van der Waals surface area (Å²) in [6.07, 6.45) is 1.42. The predicted molar refractivity (Wildman–Crippen MR) is 120 cm³/mol. The van der Waals surface area contributed by atoms with Crippen LogP contribution in [0.1, 0.15) is 38.8 Å². The number of anilines is 2. The van der Waals surface area contributed by atoms with Gasteiger partial charge in [-0.15, -0.1) is 0 Å². The Balaban J connectivity index is 1.88. The second-order valence-electron chi connectivity index (χ2n) is 6.62. The molecule has 152 valence electrons. The zero-order valence-corrected chi connectivity index (χ0v) is 17.7. The minimum absolute atomic E-state index is 0.206. The van der Waals surface area contributed by atoms with Crippen molar-refractivity contribution >= 4 is 52.2 Å². The summed E-state index contributed by atoms with van der Waals surface area (Å²) in [5.41, 5.74) is 2.73. The molecule has 0 unspecified atom stereocenters. The number of aromatic nitrogens is 1. The fourth-order valence-electron chi connectivity index (χ4n) is 2.78. The van der Waals surface area contributed by atoms with Crippen molar-refractivity contribution in [2.24, 2.45) is 0 Å². The normalized spacial score (nSPS) is 10.4. The third-order valence-corrected chi connectivity index (χ3v) is 4.77. The molecular formula is C22H18Cl2N4O2. The van der Waals surface area contributed by atoms with E-state index in [0.717, 1.165) is 5.56 Å². The van der Waals surface area contributed by atoms with E-state index in [4.69, 9.17) is 28.6 Å². The summed E-state index contributed by atoms with van der Waals surface area (Å²) in [7, 11) is 0. The minimum Gasteiger partial charge on any atom is -0.321 e. The molecule has 6 nitrogen and oxygen atoms in total. The van der Waals surface area contributed by atoms with E-state index in [0.29, 0.717) is 38.4 Å². The third kappa shape index (κ3) is 5.03. The molecule has 30 heavy (non-hydrogen) atoms. The summed E-state index contributed by atoms with van der Waals surface area (Å²) in [6, 6.07) is 13.0. The van der Waals surface area contributed by atoms with Crippen molar-refractivity contribution in [3.63, 3.8) is 0 Å². The highest BCUT2D eigenvalue weighted by Gasteiger charge is 2.18. The molecule has 1 aromatic heterocycles. The summed E-state index contributed by atoms with van der Waals surface area (Å²) >= 11 is 12.0. The first kappa shape index (κ1) is 21.5. The van der Waals surface area contributed by atoms with Crippen LogP contribution in [0.25, 0.3) is 0 Å². The van der Waals surface area contributed by atoms with Crippen LogP contribution >= 0.6 is 23.2 Å². The number of aryl methyl sites for hydroxylation is 1. The van der Waals surface area contributed by atoms with E-state index >= 15 is 0 Å². The summed E-state index contributed by atoms with van der Waals surface area (Å²) in [6.45, 7) is 3.42. The second-order valence-corrected chi connectivity index (χ2v) is 7.49. The Hall–Kier alpha value is -3.22. The molecule has 0 aliphatic rings. The van der Waals surface area contributed by atoms with Crippen molar-refractivity contribution in [1.29, 1.82) is 5.41 Å². The Morgan fingerprint density at radius 1 is 0.900 bits per heavy atom. The van der Waals surface area contributed by atoms with Crippen LogP contribution in [-0.4, -0.2) is 22.5 Å². The van der Waals surface area contributed by atoms with Gasteiger partial charge in [0.15, 0.2) is 0 Å². The number of amides is 2. The van der Waals surface area contributed by atoms with Crippen LogP contribution in [0.15, 0.2) is 54.7 Å². The molecule has 3 N–H and O–H groups in total. The molecule has 1 heterocycles. The van der Waals surface area contributed by atoms with Crippen molar-refractivity contribution in [3.8, 4) is 0 Å². The van der Waals surface area contributed by atoms with Gasteiger partial charge in [0.2, 0.25) is 0 Å². The number of hydrogen-bond donors (Lipinski definition) is 3. The average Bonchev–Trinajstić information content (AvgIpc) is 2.71. The SMILES string of the molecule is CC(=N)c1ccc(C(=O)Nc2c(C)cc(Cl)cc2C(=O)Nc2ccc(Cl)cn2)cc1. The predicted octanol–water partition coefficient (Wildman–Crippen LogP) is 5.59. The maximum absolute atomic E-state index is 12.8. The highest BCUT2D eigenvalue weighted by molar-refractivity contribution is 6.31. The number of nitrogens with zero attached hydrogens (tertiary/aromatic N) is 1. The van der Waals surface area contributed by atoms with E-state index in [9.17, 15) is 9.59 Å². The number of benzene rings is 2. The molecule has 0 atom stereocenters. The molecule has 0 radical (unpaired) electrons. The number of carbonyl (C=O) groups excluding carboxylic acids is 2. The zero-order chi connectivity index (χ0) is 21.8. The van der Waals surface area contributed by atoms with Gasteiger partial charge in [0, 0.05) is 22.5 Å². The standard InChI is InChI=1S/C22H18Cl2N4O2/c1-12-9-17(24)10-18(22(30)27-19-8-7-16(23)11-26-19)20(12)28-21(29)15-5-3-14(4-6-15)13(2)25/h3-11,25H,1-2H3,(H,28,29)(H,26,27,30). The minimum atomic E-state index is -0.472. The van der Waals surface area contributed by atoms with Crippen molar-refractivity contribution in [3.05, 3.63) is 87.0 Å². The Morgan fingerprint density at radius 3 is 2.17 bits per heavy atom. The molecule has 2 amide bonds. The first-order chi connectivity index (χ1) is 14.2. The van der Waals surface area contributed by atoms with Crippen molar-refractivity contribution in [2.45, 2.75) is 13.8 Å². The molecule has 2 aromatic carbocycles. The van der Waals surface area contributed by atoms with Gasteiger partial charge in [-0.25, -0.2) is 4.98 Å². The van der Waals surface area contributed by atoms with E-state index < -0.39 is 5.91 Å². The Morgan fingerprint density at radius 2 is 1.57 bits per heavy atom. The fraction of sp³-hybridized carbons (Fsp3) is 0.0909. The second kappa shape index (κ2) is 9.07. The van der Waals surface area contributed by atoms with Crippen LogP contribution in [-0.2, 0) is 0 Å². The largest absolute Gasteiger partial charge is 0.321 e. The maximum atomic E-state index is 12.8. The van der Waals surface area contributed by atoms with Gasteiger partial charge in [0.1, 0.15) is 5.82 Å².